The quantitative estimate of drug-likeness (QED) is 0.749. The minimum Gasteiger partial charge on any atom is -0.372 e. The number of anilines is 1. The molecule has 0 amide bonds. The summed E-state index contributed by atoms with van der Waals surface area (Å²) in [4.78, 5) is 13.9. The van der Waals surface area contributed by atoms with Crippen molar-refractivity contribution in [3.05, 3.63) is 23.1 Å². The van der Waals surface area contributed by atoms with Crippen molar-refractivity contribution in [3.8, 4) is 0 Å². The number of nitrogens with one attached hydrogen (secondary N) is 1. The normalized spacial score (nSPS) is 11.1. The minimum atomic E-state index is 0.851. The molecule has 80 valence electrons. The van der Waals surface area contributed by atoms with Crippen molar-refractivity contribution < 1.29 is 0 Å². The molecule has 0 atom stereocenters. The van der Waals surface area contributed by atoms with Gasteiger partial charge in [-0.3, -0.25) is 0 Å². The van der Waals surface area contributed by atoms with Crippen molar-refractivity contribution in [2.45, 2.75) is 0 Å². The first-order chi connectivity index (χ1) is 7.79. The van der Waals surface area contributed by atoms with Gasteiger partial charge in [0, 0.05) is 23.1 Å². The van der Waals surface area contributed by atoms with Crippen LogP contribution in [0.25, 0.3) is 20.4 Å². The molecule has 0 spiro atoms. The zero-order valence-corrected chi connectivity index (χ0v) is 10.8. The van der Waals surface area contributed by atoms with Gasteiger partial charge >= 0.3 is 0 Å². The maximum atomic E-state index is 4.37. The van der Waals surface area contributed by atoms with E-state index in [-0.39, 0.29) is 0 Å². The number of thiophene rings is 1. The summed E-state index contributed by atoms with van der Waals surface area (Å²) >= 11 is 5.02. The van der Waals surface area contributed by atoms with Crippen molar-refractivity contribution in [1.82, 2.24) is 15.0 Å². The second-order valence-corrected chi connectivity index (χ2v) is 5.17. The summed E-state index contributed by atoms with van der Waals surface area (Å²) in [6, 6.07) is 2.04. The van der Waals surface area contributed by atoms with E-state index < -0.39 is 0 Å². The summed E-state index contributed by atoms with van der Waals surface area (Å²) in [5.74, 6) is 0.851. The highest BCUT2D eigenvalue weighted by molar-refractivity contribution is 9.10. The smallest absolute Gasteiger partial charge is 0.147 e. The van der Waals surface area contributed by atoms with Gasteiger partial charge in [-0.15, -0.1) is 11.3 Å². The second-order valence-electron chi connectivity index (χ2n) is 3.26. The van der Waals surface area contributed by atoms with Gasteiger partial charge in [0.1, 0.15) is 17.0 Å². The van der Waals surface area contributed by atoms with Crippen LogP contribution in [-0.2, 0) is 0 Å². The van der Waals surface area contributed by atoms with Gasteiger partial charge in [0.05, 0.1) is 10.2 Å². The summed E-state index contributed by atoms with van der Waals surface area (Å²) in [5.41, 5.74) is 0.952. The van der Waals surface area contributed by atoms with Gasteiger partial charge in [-0.1, -0.05) is 0 Å². The largest absolute Gasteiger partial charge is 0.372 e. The Morgan fingerprint density at radius 3 is 3.00 bits per heavy atom. The molecule has 0 saturated heterocycles. The summed E-state index contributed by atoms with van der Waals surface area (Å²) < 4.78 is 2.01. The number of nitrogens with zero attached hydrogens (tertiary/aromatic N) is 3. The van der Waals surface area contributed by atoms with Gasteiger partial charge in [-0.2, -0.15) is 0 Å². The highest BCUT2D eigenvalue weighted by Gasteiger charge is 2.11. The van der Waals surface area contributed by atoms with Crippen molar-refractivity contribution in [2.24, 2.45) is 0 Å². The Morgan fingerprint density at radius 1 is 1.31 bits per heavy atom. The number of fused-ring (bicyclic) bond motifs is 3. The molecule has 0 aliphatic carbocycles. The maximum absolute atomic E-state index is 4.37. The van der Waals surface area contributed by atoms with Crippen molar-refractivity contribution in [1.29, 1.82) is 0 Å². The van der Waals surface area contributed by atoms with Gasteiger partial charge in [0.25, 0.3) is 0 Å². The third kappa shape index (κ3) is 1.37. The molecule has 4 nitrogen and oxygen atoms in total. The molecule has 3 heterocycles. The Bertz CT molecular complexity index is 679. The Balaban J connectivity index is 2.50. The van der Waals surface area contributed by atoms with Crippen molar-refractivity contribution >= 4 is 53.5 Å². The standard InChI is InChI=1S/C10H7BrN4S/c1-12-9-8-7(14-4-15-9)6-2-5(11)3-13-10(6)16-8/h2-4H,1H3,(H,12,14,15). The Kier molecular flexibility index (Phi) is 2.26. The van der Waals surface area contributed by atoms with Gasteiger partial charge in [-0.25, -0.2) is 15.0 Å². The molecule has 6 heteroatoms. The minimum absolute atomic E-state index is 0.851. The van der Waals surface area contributed by atoms with Crippen LogP contribution >= 0.6 is 27.3 Å². The molecule has 0 radical (unpaired) electrons. The zero-order valence-electron chi connectivity index (χ0n) is 8.36. The predicted molar refractivity (Wildman–Crippen MR) is 70.0 cm³/mol. The predicted octanol–water partition coefficient (Wildman–Crippen LogP) is 3.04. The van der Waals surface area contributed by atoms with Gasteiger partial charge in [-0.05, 0) is 22.0 Å². The molecule has 0 unspecified atom stereocenters. The monoisotopic (exact) mass is 294 g/mol. The molecule has 0 aliphatic heterocycles. The molecule has 0 aromatic carbocycles. The van der Waals surface area contributed by atoms with Crippen LogP contribution < -0.4 is 5.32 Å². The third-order valence-corrected chi connectivity index (χ3v) is 3.86. The summed E-state index contributed by atoms with van der Waals surface area (Å²) in [6.45, 7) is 0. The summed E-state index contributed by atoms with van der Waals surface area (Å²) in [6.07, 6.45) is 3.37. The van der Waals surface area contributed by atoms with Gasteiger partial charge in [0.15, 0.2) is 0 Å². The van der Waals surface area contributed by atoms with E-state index >= 15 is 0 Å². The molecule has 0 fully saturated rings. The van der Waals surface area contributed by atoms with Crippen molar-refractivity contribution in [3.63, 3.8) is 0 Å². The number of hydrogen-bond acceptors (Lipinski definition) is 5. The fourth-order valence-corrected chi connectivity index (χ4v) is 3.02. The third-order valence-electron chi connectivity index (χ3n) is 2.31. The van der Waals surface area contributed by atoms with Crippen LogP contribution in [0.4, 0.5) is 5.82 Å². The zero-order chi connectivity index (χ0) is 11.1. The molecule has 0 saturated carbocycles. The molecule has 1 N–H and O–H groups in total. The summed E-state index contributed by atoms with van der Waals surface area (Å²) in [7, 11) is 1.86. The Labute approximate surface area is 104 Å². The van der Waals surface area contributed by atoms with Crippen LogP contribution in [0.3, 0.4) is 0 Å². The van der Waals surface area contributed by atoms with E-state index in [2.05, 4.69) is 36.2 Å². The van der Waals surface area contributed by atoms with E-state index in [1.54, 1.807) is 23.9 Å². The number of rotatable bonds is 1. The number of hydrogen-bond donors (Lipinski definition) is 1. The topological polar surface area (TPSA) is 50.7 Å². The number of pyridine rings is 1. The van der Waals surface area contributed by atoms with Crippen LogP contribution in [0.5, 0.6) is 0 Å². The van der Waals surface area contributed by atoms with E-state index in [1.807, 2.05) is 13.1 Å². The lowest BCUT2D eigenvalue weighted by atomic mass is 10.3. The first kappa shape index (κ1) is 9.92. The highest BCUT2D eigenvalue weighted by atomic mass is 79.9. The molecule has 0 bridgehead atoms. The lowest BCUT2D eigenvalue weighted by Crippen LogP contribution is -1.92. The molecule has 3 aromatic rings. The van der Waals surface area contributed by atoms with Crippen LogP contribution in [0, 0.1) is 0 Å². The molecule has 3 aromatic heterocycles. The van der Waals surface area contributed by atoms with E-state index in [1.165, 1.54) is 0 Å². The van der Waals surface area contributed by atoms with Crippen LogP contribution in [0.2, 0.25) is 0 Å². The fourth-order valence-electron chi connectivity index (χ4n) is 1.61. The number of halogens is 1. The Morgan fingerprint density at radius 2 is 2.19 bits per heavy atom. The molecule has 0 aliphatic rings. The molecular weight excluding hydrogens is 288 g/mol. The van der Waals surface area contributed by atoms with E-state index in [9.17, 15) is 0 Å². The van der Waals surface area contributed by atoms with Gasteiger partial charge in [0.2, 0.25) is 0 Å². The molecular formula is C10H7BrN4S. The fraction of sp³-hybridized carbons (Fsp3) is 0.100. The summed E-state index contributed by atoms with van der Waals surface area (Å²) in [5, 5.41) is 4.13. The van der Waals surface area contributed by atoms with Crippen LogP contribution in [-0.4, -0.2) is 22.0 Å². The lowest BCUT2D eigenvalue weighted by molar-refractivity contribution is 1.22. The van der Waals surface area contributed by atoms with Crippen LogP contribution in [0.1, 0.15) is 0 Å². The first-order valence-electron chi connectivity index (χ1n) is 4.66. The average molecular weight is 295 g/mol. The van der Waals surface area contributed by atoms with E-state index in [0.717, 1.165) is 30.7 Å². The number of aromatic nitrogens is 3. The maximum Gasteiger partial charge on any atom is 0.147 e. The average Bonchev–Trinajstić information content (AvgIpc) is 2.67. The molecule has 16 heavy (non-hydrogen) atoms. The molecule has 3 rings (SSSR count). The SMILES string of the molecule is CNc1ncnc2c1sc1ncc(Br)cc12. The van der Waals surface area contributed by atoms with Gasteiger partial charge < -0.3 is 5.32 Å². The second kappa shape index (κ2) is 3.64. The van der Waals surface area contributed by atoms with E-state index in [0.29, 0.717) is 0 Å². The first-order valence-corrected chi connectivity index (χ1v) is 6.27. The van der Waals surface area contributed by atoms with Crippen LogP contribution in [0.15, 0.2) is 23.1 Å². The lowest BCUT2D eigenvalue weighted by Gasteiger charge is -1.97. The van der Waals surface area contributed by atoms with Crippen molar-refractivity contribution in [2.75, 3.05) is 12.4 Å². The Hall–Kier alpha value is -1.27. The van der Waals surface area contributed by atoms with E-state index in [4.69, 9.17) is 0 Å². The highest BCUT2D eigenvalue weighted by Crippen LogP contribution is 2.35.